The van der Waals surface area contributed by atoms with Gasteiger partial charge in [-0.1, -0.05) is 11.8 Å². The maximum absolute atomic E-state index is 5.16. The molecular formula is C20H14N4S2. The number of aliphatic imine (C=N–C) groups is 2. The number of aromatic amines is 2. The number of H-pyrrole nitrogens is 2. The number of rotatable bonds is 0. The summed E-state index contributed by atoms with van der Waals surface area (Å²) in [6.07, 6.45) is 13.2. The topological polar surface area (TPSA) is 56.3 Å². The van der Waals surface area contributed by atoms with Crippen molar-refractivity contribution in [2.75, 3.05) is 0 Å². The number of allylic oxidation sites excluding steroid dienone is 2. The first-order chi connectivity index (χ1) is 12.7. The first kappa shape index (κ1) is 13.9. The van der Waals surface area contributed by atoms with Crippen LogP contribution in [0.25, 0.3) is 12.2 Å². The molecule has 4 atom stereocenters. The predicted octanol–water partition coefficient (Wildman–Crippen LogP) is 2.28. The van der Waals surface area contributed by atoms with Crippen LogP contribution in [0.4, 0.5) is 0 Å². The lowest BCUT2D eigenvalue weighted by Crippen LogP contribution is -2.51. The van der Waals surface area contributed by atoms with Gasteiger partial charge in [-0.3, -0.25) is 9.98 Å². The second-order valence-electron chi connectivity index (χ2n) is 7.27. The number of hydrogen-bond donors (Lipinski definition) is 2. The van der Waals surface area contributed by atoms with Crippen LogP contribution in [0.2, 0.25) is 0 Å². The van der Waals surface area contributed by atoms with Crippen LogP contribution in [0, 0.1) is 0 Å². The van der Waals surface area contributed by atoms with Crippen LogP contribution < -0.4 is 10.7 Å². The molecule has 126 valence electrons. The Labute approximate surface area is 158 Å². The van der Waals surface area contributed by atoms with Crippen molar-refractivity contribution in [3.63, 3.8) is 0 Å². The van der Waals surface area contributed by atoms with E-state index in [0.29, 0.717) is 0 Å². The maximum atomic E-state index is 5.16. The van der Waals surface area contributed by atoms with Gasteiger partial charge in [0, 0.05) is 22.1 Å². The van der Waals surface area contributed by atoms with Crippen LogP contribution >= 0.6 is 23.5 Å². The van der Waals surface area contributed by atoms with Crippen LogP contribution in [0.1, 0.15) is 16.6 Å². The third kappa shape index (κ3) is 1.65. The minimum absolute atomic E-state index is 0.241. The molecule has 2 aromatic heterocycles. The largest absolute Gasteiger partial charge is 0.358 e. The monoisotopic (exact) mass is 374 g/mol. The molecule has 1 fully saturated rings. The first-order valence-electron chi connectivity index (χ1n) is 8.73. The molecule has 26 heavy (non-hydrogen) atoms. The Bertz CT molecular complexity index is 1230. The number of aromatic nitrogens is 2. The molecule has 2 aromatic rings. The molecule has 10 bridgehead atoms. The van der Waals surface area contributed by atoms with E-state index in [4.69, 9.17) is 9.98 Å². The Kier molecular flexibility index (Phi) is 2.35. The molecule has 9 rings (SSSR count). The fourth-order valence-corrected chi connectivity index (χ4v) is 8.12. The third-order valence-electron chi connectivity index (χ3n) is 5.57. The summed E-state index contributed by atoms with van der Waals surface area (Å²) in [5, 5.41) is 2.70. The highest BCUT2D eigenvalue weighted by atomic mass is 32.2. The molecule has 0 saturated carbocycles. The molecule has 0 radical (unpaired) electrons. The average Bonchev–Trinajstić information content (AvgIpc) is 3.38. The Hall–Kier alpha value is -2.18. The van der Waals surface area contributed by atoms with Crippen molar-refractivity contribution in [1.82, 2.24) is 9.97 Å². The lowest BCUT2D eigenvalue weighted by Gasteiger charge is -2.50. The van der Waals surface area contributed by atoms with Crippen molar-refractivity contribution in [2.45, 2.75) is 20.2 Å². The van der Waals surface area contributed by atoms with Gasteiger partial charge in [0.15, 0.2) is 0 Å². The number of nitrogens with zero attached hydrogens (tertiary/aromatic N) is 2. The van der Waals surface area contributed by atoms with Crippen LogP contribution in [0.5, 0.6) is 0 Å². The van der Waals surface area contributed by atoms with Gasteiger partial charge in [-0.15, -0.1) is 11.8 Å². The third-order valence-corrected chi connectivity index (χ3v) is 9.21. The smallest absolute Gasteiger partial charge is 0.145 e. The second kappa shape index (κ2) is 4.38. The number of nitrogens with one attached hydrogen (secondary N) is 2. The molecule has 6 heteroatoms. The van der Waals surface area contributed by atoms with Gasteiger partial charge >= 0.3 is 0 Å². The molecule has 2 spiro atoms. The van der Waals surface area contributed by atoms with Gasteiger partial charge in [0.25, 0.3) is 0 Å². The van der Waals surface area contributed by atoms with E-state index in [2.05, 4.69) is 70.7 Å². The summed E-state index contributed by atoms with van der Waals surface area (Å²) in [4.78, 5) is 16.8. The van der Waals surface area contributed by atoms with Gasteiger partial charge < -0.3 is 9.97 Å². The molecule has 9 heterocycles. The van der Waals surface area contributed by atoms with Gasteiger partial charge in [0.1, 0.15) is 9.74 Å². The van der Waals surface area contributed by atoms with Crippen molar-refractivity contribution in [2.24, 2.45) is 9.98 Å². The van der Waals surface area contributed by atoms with Crippen molar-refractivity contribution in [3.05, 3.63) is 70.7 Å². The van der Waals surface area contributed by atoms with E-state index < -0.39 is 0 Å². The SMILES string of the molecule is C1=CC23N=C1C=c1ccc([nH]1)=Cc1ccc([nH]1)C1SC2C2=NC1(C=C2)S3. The minimum Gasteiger partial charge on any atom is -0.358 e. The molecule has 1 saturated heterocycles. The molecule has 0 aliphatic carbocycles. The van der Waals surface area contributed by atoms with Crippen LogP contribution in [-0.2, 0) is 0 Å². The quantitative estimate of drug-likeness (QED) is 0.743. The molecule has 7 aliphatic heterocycles. The zero-order chi connectivity index (χ0) is 16.9. The van der Waals surface area contributed by atoms with Crippen molar-refractivity contribution < 1.29 is 0 Å². The molecular weight excluding hydrogens is 360 g/mol. The van der Waals surface area contributed by atoms with E-state index in [1.165, 1.54) is 11.4 Å². The van der Waals surface area contributed by atoms with E-state index in [0.717, 1.165) is 22.1 Å². The zero-order valence-corrected chi connectivity index (χ0v) is 15.3. The van der Waals surface area contributed by atoms with E-state index in [-0.39, 0.29) is 20.2 Å². The minimum atomic E-state index is -0.264. The van der Waals surface area contributed by atoms with Gasteiger partial charge in [-0.2, -0.15) is 0 Å². The summed E-state index contributed by atoms with van der Waals surface area (Å²) in [7, 11) is 0. The van der Waals surface area contributed by atoms with Crippen molar-refractivity contribution in [1.29, 1.82) is 0 Å². The summed E-state index contributed by atoms with van der Waals surface area (Å²) >= 11 is 3.90. The molecule has 7 aliphatic rings. The summed E-state index contributed by atoms with van der Waals surface area (Å²) in [5.74, 6) is 0. The van der Waals surface area contributed by atoms with Crippen molar-refractivity contribution >= 4 is 47.1 Å². The van der Waals surface area contributed by atoms with Gasteiger partial charge in [-0.05, 0) is 60.7 Å². The highest BCUT2D eigenvalue weighted by molar-refractivity contribution is 8.09. The van der Waals surface area contributed by atoms with Crippen LogP contribution in [0.3, 0.4) is 0 Å². The fraction of sp³-hybridized carbons (Fsp3) is 0.200. The van der Waals surface area contributed by atoms with E-state index in [9.17, 15) is 0 Å². The highest BCUT2D eigenvalue weighted by Crippen LogP contribution is 2.68. The summed E-state index contributed by atoms with van der Waals surface area (Å²) in [5.41, 5.74) is 4.58. The number of thioether (sulfide) groups is 2. The Morgan fingerprint density at radius 1 is 0.846 bits per heavy atom. The van der Waals surface area contributed by atoms with E-state index >= 15 is 0 Å². The summed E-state index contributed by atoms with van der Waals surface area (Å²) in [6, 6.07) is 8.59. The van der Waals surface area contributed by atoms with Gasteiger partial charge in [0.05, 0.1) is 21.9 Å². The maximum Gasteiger partial charge on any atom is 0.145 e. The fourth-order valence-electron chi connectivity index (χ4n) is 4.46. The Balaban J connectivity index is 1.54. The lowest BCUT2D eigenvalue weighted by atomic mass is 10.1. The highest BCUT2D eigenvalue weighted by Gasteiger charge is 2.63. The molecule has 4 unspecified atom stereocenters. The lowest BCUT2D eigenvalue weighted by molar-refractivity contribution is 0.654. The summed E-state index contributed by atoms with van der Waals surface area (Å²) < 4.78 is 0. The Morgan fingerprint density at radius 2 is 1.69 bits per heavy atom. The Morgan fingerprint density at radius 3 is 2.65 bits per heavy atom. The first-order valence-corrected chi connectivity index (χ1v) is 10.5. The standard InChI is InChI=1S/C20H14N4S2/c1-2-12-10-14-5-7-19(23-14)18-16-6-8-20(24-16,26-19)17(25-18)15-4-3-13(22-15)9-11(1)21-12/h1-10,17-18,21-22H. The number of hydrogen-bond acceptors (Lipinski definition) is 4. The van der Waals surface area contributed by atoms with Gasteiger partial charge in [-0.25, -0.2) is 0 Å². The second-order valence-corrected chi connectivity index (χ2v) is 10.00. The van der Waals surface area contributed by atoms with E-state index in [1.54, 1.807) is 0 Å². The zero-order valence-electron chi connectivity index (χ0n) is 13.6. The van der Waals surface area contributed by atoms with Crippen molar-refractivity contribution in [3.8, 4) is 0 Å². The molecule has 0 aromatic carbocycles. The predicted molar refractivity (Wildman–Crippen MR) is 109 cm³/mol. The normalized spacial score (nSPS) is 37.2. The molecule has 2 N–H and O–H groups in total. The van der Waals surface area contributed by atoms with Crippen LogP contribution in [0.15, 0.2) is 58.6 Å². The van der Waals surface area contributed by atoms with Gasteiger partial charge in [0.2, 0.25) is 0 Å². The van der Waals surface area contributed by atoms with Crippen LogP contribution in [-0.4, -0.2) is 36.4 Å². The molecule has 0 amide bonds. The van der Waals surface area contributed by atoms with E-state index in [1.807, 2.05) is 23.5 Å². The summed E-state index contributed by atoms with van der Waals surface area (Å²) in [6.45, 7) is 0. The average molecular weight is 374 g/mol. The molecule has 4 nitrogen and oxygen atoms in total.